The highest BCUT2D eigenvalue weighted by Gasteiger charge is 2.12. The number of rotatable bonds is 10. The first kappa shape index (κ1) is 31.5. The number of carbonyl (C=O) groups is 2. The summed E-state index contributed by atoms with van der Waals surface area (Å²) in [5, 5.41) is 34.2. The molecule has 0 saturated carbocycles. The van der Waals surface area contributed by atoms with Crippen LogP contribution in [0.4, 0.5) is 34.1 Å². The minimum absolute atomic E-state index is 0.0387. The summed E-state index contributed by atoms with van der Waals surface area (Å²) in [6, 6.07) is 16.4. The number of aromatic carboxylic acids is 2. The highest BCUT2D eigenvalue weighted by molar-refractivity contribution is 7.79. The van der Waals surface area contributed by atoms with Crippen molar-refractivity contribution in [2.24, 2.45) is 20.5 Å². The molecule has 0 amide bonds. The summed E-state index contributed by atoms with van der Waals surface area (Å²) in [6.45, 7) is 0. The molecular formula is C28H22N6O8S2. The van der Waals surface area contributed by atoms with Gasteiger partial charge in [-0.15, -0.1) is 10.2 Å². The molecule has 16 heteroatoms. The first-order valence-corrected chi connectivity index (χ1v) is 14.4. The number of benzene rings is 4. The van der Waals surface area contributed by atoms with Crippen molar-refractivity contribution in [2.75, 3.05) is 11.5 Å². The summed E-state index contributed by atoms with van der Waals surface area (Å²) >= 11 is -4.91. The van der Waals surface area contributed by atoms with Gasteiger partial charge in [0.2, 0.25) is 0 Å². The molecule has 0 aliphatic heterocycles. The van der Waals surface area contributed by atoms with Crippen molar-refractivity contribution in [3.63, 3.8) is 0 Å². The fraction of sp³-hybridized carbons (Fsp3) is 0. The Kier molecular flexibility index (Phi) is 9.81. The maximum absolute atomic E-state index is 12.1. The molecule has 0 saturated heterocycles. The second-order valence-electron chi connectivity index (χ2n) is 8.83. The van der Waals surface area contributed by atoms with E-state index in [-0.39, 0.29) is 55.0 Å². The van der Waals surface area contributed by atoms with Crippen LogP contribution in [0, 0.1) is 0 Å². The van der Waals surface area contributed by atoms with Crippen LogP contribution < -0.4 is 11.5 Å². The third-order valence-corrected chi connectivity index (χ3v) is 7.37. The number of carboxylic acids is 2. The lowest BCUT2D eigenvalue weighted by molar-refractivity contribution is 0.0686. The Morgan fingerprint density at radius 2 is 0.977 bits per heavy atom. The molecule has 0 bridgehead atoms. The van der Waals surface area contributed by atoms with Gasteiger partial charge in [-0.3, -0.25) is 0 Å². The lowest BCUT2D eigenvalue weighted by atomic mass is 10.1. The molecule has 8 N–H and O–H groups in total. The van der Waals surface area contributed by atoms with E-state index in [1.165, 1.54) is 84.9 Å². The summed E-state index contributed by atoms with van der Waals surface area (Å²) in [5.41, 5.74) is 13.1. The van der Waals surface area contributed by atoms with Crippen molar-refractivity contribution >= 4 is 80.4 Å². The van der Waals surface area contributed by atoms with Gasteiger partial charge in [0.25, 0.3) is 0 Å². The van der Waals surface area contributed by atoms with E-state index in [9.17, 15) is 27.1 Å². The van der Waals surface area contributed by atoms with E-state index < -0.39 is 34.1 Å². The highest BCUT2D eigenvalue weighted by Crippen LogP contribution is 2.30. The molecule has 0 aliphatic carbocycles. The predicted octanol–water partition coefficient (Wildman–Crippen LogP) is 6.41. The molecule has 0 fully saturated rings. The monoisotopic (exact) mass is 634 g/mol. The van der Waals surface area contributed by atoms with Crippen LogP contribution in [-0.2, 0) is 22.2 Å². The number of anilines is 2. The normalized spacial score (nSPS) is 13.0. The van der Waals surface area contributed by atoms with Gasteiger partial charge >= 0.3 is 11.9 Å². The van der Waals surface area contributed by atoms with Crippen molar-refractivity contribution in [3.05, 3.63) is 95.1 Å². The number of hydrogen-bond acceptors (Lipinski definition) is 10. The molecule has 0 radical (unpaired) electrons. The van der Waals surface area contributed by atoms with Gasteiger partial charge < -0.3 is 30.8 Å². The first-order chi connectivity index (χ1) is 20.9. The molecule has 224 valence electrons. The van der Waals surface area contributed by atoms with Crippen LogP contribution in [0.3, 0.4) is 0 Å². The Balaban J connectivity index is 1.61. The molecule has 4 rings (SSSR count). The lowest BCUT2D eigenvalue weighted by Crippen LogP contribution is -1.96. The summed E-state index contributed by atoms with van der Waals surface area (Å²) < 4.78 is 43.9. The zero-order valence-electron chi connectivity index (χ0n) is 22.3. The van der Waals surface area contributed by atoms with E-state index in [0.717, 1.165) is 0 Å². The second-order valence-corrected chi connectivity index (χ2v) is 10.7. The van der Waals surface area contributed by atoms with Crippen LogP contribution in [-0.4, -0.2) is 39.7 Å². The van der Waals surface area contributed by atoms with Gasteiger partial charge in [0.05, 0.1) is 43.7 Å². The smallest absolute Gasteiger partial charge is 0.335 e. The molecule has 4 aromatic carbocycles. The van der Waals surface area contributed by atoms with Crippen LogP contribution >= 0.6 is 0 Å². The Hall–Kier alpha value is -5.42. The van der Waals surface area contributed by atoms with E-state index in [1.807, 2.05) is 0 Å². The largest absolute Gasteiger partial charge is 0.478 e. The molecular weight excluding hydrogens is 612 g/mol. The molecule has 2 atom stereocenters. The summed E-state index contributed by atoms with van der Waals surface area (Å²) in [5.74, 6) is -2.34. The third-order valence-electron chi connectivity index (χ3n) is 5.91. The first-order valence-electron chi connectivity index (χ1n) is 12.2. The Labute approximate surface area is 254 Å². The van der Waals surface area contributed by atoms with Crippen molar-refractivity contribution < 1.29 is 37.3 Å². The number of nitrogens with zero attached hydrogens (tertiary/aromatic N) is 4. The van der Waals surface area contributed by atoms with Gasteiger partial charge in [-0.25, -0.2) is 18.0 Å². The van der Waals surface area contributed by atoms with Gasteiger partial charge in [-0.1, -0.05) is 24.3 Å². The fourth-order valence-corrected chi connectivity index (χ4v) is 4.80. The molecule has 14 nitrogen and oxygen atoms in total. The van der Waals surface area contributed by atoms with E-state index in [4.69, 9.17) is 21.7 Å². The molecule has 0 heterocycles. The second kappa shape index (κ2) is 13.7. The van der Waals surface area contributed by atoms with Crippen molar-refractivity contribution in [3.8, 4) is 0 Å². The molecule has 0 aliphatic rings. The fourth-order valence-electron chi connectivity index (χ4n) is 3.68. The van der Waals surface area contributed by atoms with Crippen molar-refractivity contribution in [2.45, 2.75) is 9.79 Å². The van der Waals surface area contributed by atoms with Crippen LogP contribution in [0.1, 0.15) is 31.8 Å². The number of hydrogen-bond donors (Lipinski definition) is 6. The SMILES string of the molecule is Nc1ccc(C(=O)O)cc1N=Nc1ccc(/C=C/c2ccc(N=Nc3cc(C(=O)O)ccc3N)cc2S(=O)O)c(S(=O)O)c1. The zero-order chi connectivity index (χ0) is 32.0. The zero-order valence-corrected chi connectivity index (χ0v) is 23.9. The van der Waals surface area contributed by atoms with Gasteiger partial charge in [0.15, 0.2) is 22.2 Å². The average molecular weight is 635 g/mol. The third kappa shape index (κ3) is 7.69. The number of azo groups is 2. The lowest BCUT2D eigenvalue weighted by Gasteiger charge is -2.06. The topological polar surface area (TPSA) is 251 Å². The van der Waals surface area contributed by atoms with Crippen LogP contribution in [0.25, 0.3) is 12.2 Å². The van der Waals surface area contributed by atoms with E-state index in [1.54, 1.807) is 0 Å². The molecule has 4 aromatic rings. The number of nitrogen functional groups attached to an aromatic ring is 2. The van der Waals surface area contributed by atoms with Crippen molar-refractivity contribution in [1.82, 2.24) is 0 Å². The van der Waals surface area contributed by atoms with Crippen LogP contribution in [0.2, 0.25) is 0 Å². The highest BCUT2D eigenvalue weighted by atomic mass is 32.2. The van der Waals surface area contributed by atoms with Crippen LogP contribution in [0.15, 0.2) is 103 Å². The average Bonchev–Trinajstić information content (AvgIpc) is 2.99. The van der Waals surface area contributed by atoms with Crippen LogP contribution in [0.5, 0.6) is 0 Å². The number of carboxylic acid groups (broad SMARTS) is 2. The summed E-state index contributed by atoms with van der Waals surface area (Å²) in [6.07, 6.45) is 2.92. The quantitative estimate of drug-likeness (QED) is 0.0483. The molecule has 0 aromatic heterocycles. The molecule has 2 unspecified atom stereocenters. The van der Waals surface area contributed by atoms with E-state index >= 15 is 0 Å². The Morgan fingerprint density at radius 1 is 0.591 bits per heavy atom. The van der Waals surface area contributed by atoms with Gasteiger partial charge in [-0.05, 0) is 71.8 Å². The minimum atomic E-state index is -2.46. The maximum atomic E-state index is 12.1. The van der Waals surface area contributed by atoms with E-state index in [2.05, 4.69) is 20.5 Å². The minimum Gasteiger partial charge on any atom is -0.478 e. The predicted molar refractivity (Wildman–Crippen MR) is 164 cm³/mol. The molecule has 0 spiro atoms. The molecule has 44 heavy (non-hydrogen) atoms. The summed E-state index contributed by atoms with van der Waals surface area (Å²) in [7, 11) is 0. The maximum Gasteiger partial charge on any atom is 0.335 e. The number of nitrogens with two attached hydrogens (primary N) is 2. The Morgan fingerprint density at radius 3 is 1.32 bits per heavy atom. The standard InChI is InChI=1S/C28H22N6O8S2/c29-21-9-5-17(27(35)36)11-23(21)33-31-19-7-3-15(25(13-19)43(39)40)1-2-16-4-8-20(14-26(16)44(41)42)32-34-24-12-18(28(37)38)6-10-22(24)30/h1-14H,29-30H2,(H,35,36)(H,37,38)(H,39,40)(H,41,42)/b2-1+,33-31?,34-32?. The Bertz CT molecular complexity index is 1790. The van der Waals surface area contributed by atoms with Crippen molar-refractivity contribution in [1.29, 1.82) is 0 Å². The van der Waals surface area contributed by atoms with Gasteiger partial charge in [0.1, 0.15) is 11.4 Å². The van der Waals surface area contributed by atoms with Gasteiger partial charge in [0, 0.05) is 0 Å². The summed E-state index contributed by atoms with van der Waals surface area (Å²) in [4.78, 5) is 22.4. The van der Waals surface area contributed by atoms with E-state index in [0.29, 0.717) is 11.1 Å². The van der Waals surface area contributed by atoms with Gasteiger partial charge in [-0.2, -0.15) is 10.2 Å².